The first-order chi connectivity index (χ1) is 19.8. The first-order valence-electron chi connectivity index (χ1n) is 13.8. The van der Waals surface area contributed by atoms with Crippen LogP contribution in [0.25, 0.3) is 60.4 Å². The molecule has 0 aliphatic carbocycles. The maximum Gasteiger partial charge on any atom is 0.161 e. The fraction of sp³-hybridized carbons (Fsp3) is 0.0541. The van der Waals surface area contributed by atoms with E-state index in [-0.39, 0.29) is 6.04 Å². The second kappa shape index (κ2) is 8.96. The molecule has 0 aliphatic rings. The van der Waals surface area contributed by atoms with Crippen molar-refractivity contribution in [1.82, 2.24) is 14.3 Å². The van der Waals surface area contributed by atoms with E-state index in [1.165, 1.54) is 43.4 Å². The molecular weight excluding hydrogens is 486 g/mol. The summed E-state index contributed by atoms with van der Waals surface area (Å²) in [6.45, 7) is 2.29. The molecule has 8 rings (SSSR count). The zero-order valence-corrected chi connectivity index (χ0v) is 22.2. The summed E-state index contributed by atoms with van der Waals surface area (Å²) in [5.41, 5.74) is 5.63. The first-order valence-corrected chi connectivity index (χ1v) is 13.8. The van der Waals surface area contributed by atoms with Crippen molar-refractivity contribution >= 4 is 43.4 Å². The van der Waals surface area contributed by atoms with Crippen LogP contribution < -0.4 is 0 Å². The second-order valence-corrected chi connectivity index (χ2v) is 10.5. The zero-order chi connectivity index (χ0) is 26.6. The van der Waals surface area contributed by atoms with E-state index in [9.17, 15) is 0 Å². The molecule has 0 bridgehead atoms. The van der Waals surface area contributed by atoms with E-state index in [1.807, 2.05) is 0 Å². The molecule has 0 saturated heterocycles. The Labute approximate surface area is 232 Å². The van der Waals surface area contributed by atoms with Gasteiger partial charge in [-0.25, -0.2) is 4.68 Å². The number of hydrogen-bond acceptors (Lipinski definition) is 1. The van der Waals surface area contributed by atoms with Gasteiger partial charge in [-0.3, -0.25) is 0 Å². The van der Waals surface area contributed by atoms with Gasteiger partial charge in [0.15, 0.2) is 5.82 Å². The number of fused-ring (bicyclic) bond motifs is 2. The Kier molecular flexibility index (Phi) is 5.11. The number of para-hydroxylation sites is 1. The Hall–Kier alpha value is -5.15. The van der Waals surface area contributed by atoms with Gasteiger partial charge in [0, 0.05) is 10.9 Å². The van der Waals surface area contributed by atoms with E-state index in [4.69, 9.17) is 5.10 Å². The molecule has 0 fully saturated rings. The first kappa shape index (κ1) is 22.8. The van der Waals surface area contributed by atoms with E-state index in [0.29, 0.717) is 0 Å². The van der Waals surface area contributed by atoms with E-state index in [2.05, 4.69) is 156 Å². The van der Waals surface area contributed by atoms with Gasteiger partial charge in [-0.05, 0) is 57.6 Å². The molecule has 0 N–H and O–H groups in total. The molecule has 0 radical (unpaired) electrons. The fourth-order valence-corrected chi connectivity index (χ4v) is 6.31. The molecule has 3 nitrogen and oxygen atoms in total. The fourth-order valence-electron chi connectivity index (χ4n) is 6.31. The van der Waals surface area contributed by atoms with Crippen molar-refractivity contribution in [3.05, 3.63) is 145 Å². The molecule has 0 saturated carbocycles. The third-order valence-electron chi connectivity index (χ3n) is 8.19. The lowest BCUT2D eigenvalue weighted by Gasteiger charge is -2.27. The van der Waals surface area contributed by atoms with E-state index >= 15 is 0 Å². The predicted molar refractivity (Wildman–Crippen MR) is 167 cm³/mol. The highest BCUT2D eigenvalue weighted by Gasteiger charge is 2.23. The van der Waals surface area contributed by atoms with Crippen molar-refractivity contribution in [1.29, 1.82) is 0 Å². The van der Waals surface area contributed by atoms with E-state index < -0.39 is 0 Å². The summed E-state index contributed by atoms with van der Waals surface area (Å²) in [4.78, 5) is 0. The van der Waals surface area contributed by atoms with Gasteiger partial charge in [0.05, 0.1) is 22.8 Å². The van der Waals surface area contributed by atoms with Crippen LogP contribution in [0.3, 0.4) is 0 Å². The van der Waals surface area contributed by atoms with Crippen LogP contribution in [0, 0.1) is 0 Å². The van der Waals surface area contributed by atoms with Crippen LogP contribution in [0.15, 0.2) is 140 Å². The largest absolute Gasteiger partial charge is 0.315 e. The van der Waals surface area contributed by atoms with Gasteiger partial charge in [-0.2, -0.15) is 0 Å². The predicted octanol–water partition coefficient (Wildman–Crippen LogP) is 9.56. The summed E-state index contributed by atoms with van der Waals surface area (Å²) in [5.74, 6) is 0.934. The Morgan fingerprint density at radius 1 is 0.575 bits per heavy atom. The molecule has 1 aromatic heterocycles. The molecule has 1 atom stereocenters. The standard InChI is InChI=1S/C37H27N3/c1-25(26-12-5-2-6-13-26)39-36-32-23-22-28-17-11-16-27-20-21-30(35(32)34(27)28)24-33(36)40(31-18-9-4-10-19-31)38-37(39)29-14-7-3-8-15-29/h2-25H,1H3. The topological polar surface area (TPSA) is 22.8 Å². The Bertz CT molecular complexity index is 2140. The van der Waals surface area contributed by atoms with Gasteiger partial charge in [0.25, 0.3) is 0 Å². The number of benzene rings is 7. The minimum Gasteiger partial charge on any atom is -0.315 e. The van der Waals surface area contributed by atoms with Crippen molar-refractivity contribution < 1.29 is 0 Å². The molecule has 0 aliphatic heterocycles. The molecule has 190 valence electrons. The summed E-state index contributed by atoms with van der Waals surface area (Å²) in [7, 11) is 0. The molecule has 0 amide bonds. The molecule has 3 heteroatoms. The number of aromatic nitrogens is 3. The Balaban J connectivity index is 1.63. The summed E-state index contributed by atoms with van der Waals surface area (Å²) < 4.78 is 4.58. The highest BCUT2D eigenvalue weighted by molar-refractivity contribution is 6.28. The second-order valence-electron chi connectivity index (χ2n) is 10.5. The van der Waals surface area contributed by atoms with Gasteiger partial charge < -0.3 is 4.57 Å². The lowest BCUT2D eigenvalue weighted by atomic mass is 9.93. The van der Waals surface area contributed by atoms with Gasteiger partial charge in [0.1, 0.15) is 0 Å². The van der Waals surface area contributed by atoms with Crippen LogP contribution in [0.1, 0.15) is 18.5 Å². The van der Waals surface area contributed by atoms with E-state index in [1.54, 1.807) is 0 Å². The number of nitrogens with zero attached hydrogens (tertiary/aromatic N) is 3. The highest BCUT2D eigenvalue weighted by Crippen LogP contribution is 2.41. The monoisotopic (exact) mass is 513 g/mol. The molecule has 0 spiro atoms. The van der Waals surface area contributed by atoms with Crippen molar-refractivity contribution in [2.45, 2.75) is 13.0 Å². The van der Waals surface area contributed by atoms with Crippen LogP contribution >= 0.6 is 0 Å². The minimum atomic E-state index is 0.0512. The smallest absolute Gasteiger partial charge is 0.161 e. The SMILES string of the molecule is CC(c1ccccc1)n1c(-c2ccccc2)nn(-c2ccccc2)c2cc3ccc4cccc5ccc(c3c45)c21. The van der Waals surface area contributed by atoms with E-state index in [0.717, 1.165) is 22.6 Å². The minimum absolute atomic E-state index is 0.0512. The Morgan fingerprint density at radius 2 is 1.20 bits per heavy atom. The van der Waals surface area contributed by atoms with Crippen LogP contribution in [-0.2, 0) is 0 Å². The third-order valence-corrected chi connectivity index (χ3v) is 8.19. The lowest BCUT2D eigenvalue weighted by Crippen LogP contribution is -2.18. The average molecular weight is 514 g/mol. The molecule has 1 heterocycles. The Morgan fingerprint density at radius 3 is 1.93 bits per heavy atom. The third kappa shape index (κ3) is 3.41. The maximum atomic E-state index is 5.40. The molecule has 1 unspecified atom stereocenters. The molecule has 7 aromatic carbocycles. The highest BCUT2D eigenvalue weighted by atomic mass is 15.3. The molecular formula is C37H27N3. The summed E-state index contributed by atoms with van der Waals surface area (Å²) >= 11 is 0. The van der Waals surface area contributed by atoms with Crippen molar-refractivity contribution in [2.24, 2.45) is 0 Å². The molecule has 40 heavy (non-hydrogen) atoms. The normalized spacial score (nSPS) is 12.5. The van der Waals surface area contributed by atoms with Crippen molar-refractivity contribution in [3.8, 4) is 17.1 Å². The van der Waals surface area contributed by atoms with Gasteiger partial charge in [0.2, 0.25) is 0 Å². The average Bonchev–Trinajstić information content (AvgIpc) is 3.03. The van der Waals surface area contributed by atoms with Crippen molar-refractivity contribution in [3.63, 3.8) is 0 Å². The van der Waals surface area contributed by atoms with Crippen LogP contribution in [0.5, 0.6) is 0 Å². The number of rotatable bonds is 4. The van der Waals surface area contributed by atoms with Crippen LogP contribution in [-0.4, -0.2) is 14.3 Å². The lowest BCUT2D eigenvalue weighted by molar-refractivity contribution is 0.638. The summed E-state index contributed by atoms with van der Waals surface area (Å²) in [6.07, 6.45) is 0. The van der Waals surface area contributed by atoms with Crippen LogP contribution in [0.2, 0.25) is 0 Å². The van der Waals surface area contributed by atoms with Gasteiger partial charge in [-0.15, -0.1) is 5.10 Å². The van der Waals surface area contributed by atoms with Crippen molar-refractivity contribution in [2.75, 3.05) is 0 Å². The van der Waals surface area contributed by atoms with Crippen LogP contribution in [0.4, 0.5) is 0 Å². The van der Waals surface area contributed by atoms with Gasteiger partial charge in [-0.1, -0.05) is 121 Å². The quantitative estimate of drug-likeness (QED) is 0.170. The van der Waals surface area contributed by atoms with Gasteiger partial charge >= 0.3 is 0 Å². The number of hydrogen-bond donors (Lipinski definition) is 0. The zero-order valence-electron chi connectivity index (χ0n) is 22.2. The maximum absolute atomic E-state index is 5.40. The summed E-state index contributed by atoms with van der Waals surface area (Å²) in [6, 6.07) is 49.9. The molecule has 8 aromatic rings. The summed E-state index contributed by atoms with van der Waals surface area (Å²) in [5, 5.41) is 13.0.